The highest BCUT2D eigenvalue weighted by molar-refractivity contribution is 5.76. The third-order valence-electron chi connectivity index (χ3n) is 4.24. The number of carbonyl (C=O) groups is 1. The van der Waals surface area contributed by atoms with Crippen LogP contribution in [-0.4, -0.2) is 43.6 Å². The molecule has 0 aliphatic carbocycles. The van der Waals surface area contributed by atoms with Gasteiger partial charge in [0.05, 0.1) is 0 Å². The zero-order valence-electron chi connectivity index (χ0n) is 13.1. The molecule has 1 fully saturated rings. The van der Waals surface area contributed by atoms with Crippen molar-refractivity contribution in [2.75, 3.05) is 13.1 Å². The van der Waals surface area contributed by atoms with Crippen LogP contribution in [0.4, 0.5) is 0 Å². The van der Waals surface area contributed by atoms with E-state index in [1.165, 1.54) is 0 Å². The molecule has 1 atom stereocenters. The first kappa shape index (κ1) is 14.7. The van der Waals surface area contributed by atoms with Crippen molar-refractivity contribution in [1.82, 2.24) is 24.6 Å². The average Bonchev–Trinajstić information content (AvgIpc) is 3.14. The van der Waals surface area contributed by atoms with Crippen molar-refractivity contribution in [3.63, 3.8) is 0 Å². The predicted molar refractivity (Wildman–Crippen MR) is 82.2 cm³/mol. The van der Waals surface area contributed by atoms with Crippen molar-refractivity contribution in [2.24, 2.45) is 7.05 Å². The van der Waals surface area contributed by atoms with Gasteiger partial charge in [-0.05, 0) is 31.9 Å². The first-order valence-electron chi connectivity index (χ1n) is 7.67. The van der Waals surface area contributed by atoms with E-state index in [-0.39, 0.29) is 11.8 Å². The summed E-state index contributed by atoms with van der Waals surface area (Å²) in [6, 6.07) is 3.86. The highest BCUT2D eigenvalue weighted by atomic mass is 16.2. The molecule has 0 saturated carbocycles. The summed E-state index contributed by atoms with van der Waals surface area (Å²) in [7, 11) is 1.90. The van der Waals surface area contributed by atoms with Crippen molar-refractivity contribution in [2.45, 2.75) is 32.1 Å². The summed E-state index contributed by atoms with van der Waals surface area (Å²) in [4.78, 5) is 23.1. The first-order chi connectivity index (χ1) is 10.6. The zero-order chi connectivity index (χ0) is 15.5. The quantitative estimate of drug-likeness (QED) is 0.857. The summed E-state index contributed by atoms with van der Waals surface area (Å²) >= 11 is 0. The number of hydrogen-bond acceptors (Lipinski definition) is 4. The third kappa shape index (κ3) is 3.16. The Hall–Kier alpha value is -2.24. The van der Waals surface area contributed by atoms with E-state index < -0.39 is 0 Å². The van der Waals surface area contributed by atoms with E-state index in [1.54, 1.807) is 12.4 Å². The van der Waals surface area contributed by atoms with Crippen molar-refractivity contribution in [1.29, 1.82) is 0 Å². The second-order valence-electron chi connectivity index (χ2n) is 5.83. The molecular formula is C16H21N5O. The van der Waals surface area contributed by atoms with Crippen LogP contribution in [0.1, 0.15) is 36.0 Å². The van der Waals surface area contributed by atoms with Gasteiger partial charge in [0.25, 0.3) is 0 Å². The van der Waals surface area contributed by atoms with E-state index in [4.69, 9.17) is 0 Å². The van der Waals surface area contributed by atoms with Crippen molar-refractivity contribution < 1.29 is 4.79 Å². The molecule has 116 valence electrons. The summed E-state index contributed by atoms with van der Waals surface area (Å²) in [6.07, 6.45) is 5.77. The molecule has 0 aromatic carbocycles. The summed E-state index contributed by atoms with van der Waals surface area (Å²) in [5, 5.41) is 4.13. The highest BCUT2D eigenvalue weighted by Gasteiger charge is 2.28. The van der Waals surface area contributed by atoms with Gasteiger partial charge in [-0.2, -0.15) is 5.10 Å². The molecule has 3 rings (SSSR count). The van der Waals surface area contributed by atoms with E-state index >= 15 is 0 Å². The molecule has 6 nitrogen and oxygen atoms in total. The lowest BCUT2D eigenvalue weighted by atomic mass is 10.1. The number of amides is 1. The molecule has 0 bridgehead atoms. The third-order valence-corrected chi connectivity index (χ3v) is 4.24. The lowest BCUT2D eigenvalue weighted by Gasteiger charge is -2.16. The minimum atomic E-state index is 0.205. The molecule has 6 heteroatoms. The SMILES string of the molecule is Cc1ccnc(C2CCN(C(=O)CCc3ccnn3C)C2)n1. The zero-order valence-corrected chi connectivity index (χ0v) is 13.1. The molecule has 3 heterocycles. The fraction of sp³-hybridized carbons (Fsp3) is 0.500. The standard InChI is InChI=1S/C16H21N5O/c1-12-5-8-17-16(19-12)13-7-10-21(11-13)15(22)4-3-14-6-9-18-20(14)2/h5-6,8-9,13H,3-4,7,10-11H2,1-2H3. The fourth-order valence-electron chi connectivity index (χ4n) is 2.90. The van der Waals surface area contributed by atoms with Gasteiger partial charge in [0.15, 0.2) is 0 Å². The predicted octanol–water partition coefficient (Wildman–Crippen LogP) is 1.47. The topological polar surface area (TPSA) is 63.9 Å². The smallest absolute Gasteiger partial charge is 0.222 e. The Bertz CT molecular complexity index is 666. The first-order valence-corrected chi connectivity index (χ1v) is 7.67. The lowest BCUT2D eigenvalue weighted by Crippen LogP contribution is -2.29. The number of rotatable bonds is 4. The largest absolute Gasteiger partial charge is 0.342 e. The van der Waals surface area contributed by atoms with Gasteiger partial charge in [0.2, 0.25) is 5.91 Å². The van der Waals surface area contributed by atoms with Gasteiger partial charge in [-0.3, -0.25) is 9.48 Å². The second-order valence-corrected chi connectivity index (χ2v) is 5.83. The van der Waals surface area contributed by atoms with Crippen LogP contribution in [-0.2, 0) is 18.3 Å². The average molecular weight is 299 g/mol. The van der Waals surface area contributed by atoms with Crippen LogP contribution >= 0.6 is 0 Å². The Labute approximate surface area is 130 Å². The van der Waals surface area contributed by atoms with Crippen molar-refractivity contribution >= 4 is 5.91 Å². The number of aryl methyl sites for hydroxylation is 3. The normalized spacial score (nSPS) is 17.9. The number of aromatic nitrogens is 4. The van der Waals surface area contributed by atoms with E-state index in [0.717, 1.165) is 43.1 Å². The van der Waals surface area contributed by atoms with Crippen LogP contribution < -0.4 is 0 Å². The molecule has 0 N–H and O–H groups in total. The monoisotopic (exact) mass is 299 g/mol. The van der Waals surface area contributed by atoms with Gasteiger partial charge in [-0.25, -0.2) is 9.97 Å². The Balaban J connectivity index is 1.56. The van der Waals surface area contributed by atoms with Gasteiger partial charge in [-0.1, -0.05) is 0 Å². The van der Waals surface area contributed by atoms with Crippen LogP contribution in [0, 0.1) is 6.92 Å². The maximum absolute atomic E-state index is 12.4. The van der Waals surface area contributed by atoms with Crippen LogP contribution in [0.2, 0.25) is 0 Å². The number of hydrogen-bond donors (Lipinski definition) is 0. The molecule has 22 heavy (non-hydrogen) atoms. The Morgan fingerprint density at radius 1 is 1.36 bits per heavy atom. The van der Waals surface area contributed by atoms with Crippen molar-refractivity contribution in [3.05, 3.63) is 41.7 Å². The summed E-state index contributed by atoms with van der Waals surface area (Å²) in [5.74, 6) is 1.33. The Morgan fingerprint density at radius 2 is 2.23 bits per heavy atom. The van der Waals surface area contributed by atoms with E-state index in [2.05, 4.69) is 15.1 Å². The maximum atomic E-state index is 12.4. The molecule has 0 spiro atoms. The van der Waals surface area contributed by atoms with Crippen molar-refractivity contribution in [3.8, 4) is 0 Å². The number of carbonyl (C=O) groups excluding carboxylic acids is 1. The summed E-state index contributed by atoms with van der Waals surface area (Å²) < 4.78 is 1.82. The van der Waals surface area contributed by atoms with E-state index in [0.29, 0.717) is 6.42 Å². The van der Waals surface area contributed by atoms with Gasteiger partial charge in [0, 0.05) is 56.3 Å². The van der Waals surface area contributed by atoms with Gasteiger partial charge < -0.3 is 4.90 Å². The molecule has 1 amide bonds. The number of nitrogens with zero attached hydrogens (tertiary/aromatic N) is 5. The van der Waals surface area contributed by atoms with E-state index in [1.807, 2.05) is 35.7 Å². The molecule has 1 aliphatic heterocycles. The molecule has 1 saturated heterocycles. The molecule has 0 radical (unpaired) electrons. The fourth-order valence-corrected chi connectivity index (χ4v) is 2.90. The Morgan fingerprint density at radius 3 is 2.95 bits per heavy atom. The van der Waals surface area contributed by atoms with Crippen LogP contribution in [0.25, 0.3) is 0 Å². The van der Waals surface area contributed by atoms with Gasteiger partial charge in [0.1, 0.15) is 5.82 Å². The van der Waals surface area contributed by atoms with Gasteiger partial charge >= 0.3 is 0 Å². The minimum absolute atomic E-state index is 0.205. The minimum Gasteiger partial charge on any atom is -0.342 e. The highest BCUT2D eigenvalue weighted by Crippen LogP contribution is 2.25. The summed E-state index contributed by atoms with van der Waals surface area (Å²) in [6.45, 7) is 3.50. The molecule has 1 unspecified atom stereocenters. The molecule has 2 aromatic rings. The lowest BCUT2D eigenvalue weighted by molar-refractivity contribution is -0.130. The Kier molecular flexibility index (Phi) is 4.18. The molecular weight excluding hydrogens is 278 g/mol. The summed E-state index contributed by atoms with van der Waals surface area (Å²) in [5.41, 5.74) is 2.07. The van der Waals surface area contributed by atoms with Crippen LogP contribution in [0.5, 0.6) is 0 Å². The maximum Gasteiger partial charge on any atom is 0.222 e. The van der Waals surface area contributed by atoms with Crippen LogP contribution in [0.15, 0.2) is 24.5 Å². The van der Waals surface area contributed by atoms with Crippen LogP contribution in [0.3, 0.4) is 0 Å². The number of likely N-dealkylation sites (tertiary alicyclic amines) is 1. The molecule has 2 aromatic heterocycles. The molecule has 1 aliphatic rings. The van der Waals surface area contributed by atoms with Gasteiger partial charge in [-0.15, -0.1) is 0 Å². The van der Waals surface area contributed by atoms with E-state index in [9.17, 15) is 4.79 Å². The second kappa shape index (κ2) is 6.25.